The fourth-order valence-corrected chi connectivity index (χ4v) is 2.46. The van der Waals surface area contributed by atoms with E-state index in [0.717, 1.165) is 6.04 Å². The number of nitrogens with one attached hydrogen (secondary N) is 1. The van der Waals surface area contributed by atoms with Gasteiger partial charge in [0.1, 0.15) is 11.8 Å². The summed E-state index contributed by atoms with van der Waals surface area (Å²) in [5.41, 5.74) is 0.0152. The summed E-state index contributed by atoms with van der Waals surface area (Å²) in [6, 6.07) is 0.830. The summed E-state index contributed by atoms with van der Waals surface area (Å²) in [5, 5.41) is 16.0. The molecule has 1 heterocycles. The molecule has 2 N–H and O–H groups in total. The Balaban J connectivity index is 2.65. The maximum absolute atomic E-state index is 12.0. The molecule has 0 unspecified atom stereocenters. The van der Waals surface area contributed by atoms with E-state index in [4.69, 9.17) is 21.4 Å². The van der Waals surface area contributed by atoms with Gasteiger partial charge in [-0.3, -0.25) is 4.79 Å². The molecule has 6 nitrogen and oxygen atoms in total. The molecular formula is C13H24ClN3O3Si. The first-order valence-corrected chi connectivity index (χ1v) is 11.0. The van der Waals surface area contributed by atoms with Crippen LogP contribution in [0.4, 0.5) is 5.69 Å². The summed E-state index contributed by atoms with van der Waals surface area (Å²) in [6.07, 6.45) is 1.47. The smallest absolute Gasteiger partial charge is 0.289 e. The number of rotatable bonds is 8. The number of aliphatic hydroxyl groups excluding tert-OH is 1. The summed E-state index contributed by atoms with van der Waals surface area (Å²) >= 11 is 6.02. The van der Waals surface area contributed by atoms with Crippen LogP contribution in [0.25, 0.3) is 0 Å². The number of hydrogen-bond acceptors (Lipinski definition) is 5. The molecule has 1 atom stereocenters. The van der Waals surface area contributed by atoms with Crippen molar-refractivity contribution >= 4 is 25.4 Å². The SMILES string of the molecule is C[C@@H](CO)Nc1cnn(COCC[Si](C)(C)C)c(=O)c1Cl. The Kier molecular flexibility index (Phi) is 6.86. The third-order valence-electron chi connectivity index (χ3n) is 2.87. The third kappa shape index (κ3) is 6.17. The summed E-state index contributed by atoms with van der Waals surface area (Å²) < 4.78 is 6.69. The van der Waals surface area contributed by atoms with Crippen LogP contribution >= 0.6 is 11.6 Å². The van der Waals surface area contributed by atoms with Gasteiger partial charge in [0.25, 0.3) is 5.56 Å². The maximum atomic E-state index is 12.0. The van der Waals surface area contributed by atoms with Crippen LogP contribution in [-0.2, 0) is 11.5 Å². The fraction of sp³-hybridized carbons (Fsp3) is 0.692. The van der Waals surface area contributed by atoms with Crippen molar-refractivity contribution in [2.75, 3.05) is 18.5 Å². The van der Waals surface area contributed by atoms with Crippen LogP contribution in [0.5, 0.6) is 0 Å². The second-order valence-electron chi connectivity index (χ2n) is 6.25. The first-order chi connectivity index (χ1) is 9.74. The Bertz CT molecular complexity index is 516. The highest BCUT2D eigenvalue weighted by Crippen LogP contribution is 2.16. The number of halogens is 1. The van der Waals surface area contributed by atoms with E-state index >= 15 is 0 Å². The molecule has 0 radical (unpaired) electrons. The van der Waals surface area contributed by atoms with Gasteiger partial charge in [-0.05, 0) is 13.0 Å². The van der Waals surface area contributed by atoms with Gasteiger partial charge in [-0.1, -0.05) is 31.2 Å². The van der Waals surface area contributed by atoms with Crippen molar-refractivity contribution in [3.63, 3.8) is 0 Å². The molecule has 0 aromatic carbocycles. The van der Waals surface area contributed by atoms with Crippen LogP contribution < -0.4 is 10.9 Å². The predicted octanol–water partition coefficient (Wildman–Crippen LogP) is 2.00. The van der Waals surface area contributed by atoms with E-state index in [-0.39, 0.29) is 24.4 Å². The van der Waals surface area contributed by atoms with E-state index in [1.54, 1.807) is 6.92 Å². The largest absolute Gasteiger partial charge is 0.394 e. The molecule has 0 aliphatic heterocycles. The molecule has 0 spiro atoms. The van der Waals surface area contributed by atoms with Gasteiger partial charge in [0.05, 0.1) is 18.5 Å². The van der Waals surface area contributed by atoms with Gasteiger partial charge >= 0.3 is 0 Å². The van der Waals surface area contributed by atoms with Crippen LogP contribution in [0.3, 0.4) is 0 Å². The van der Waals surface area contributed by atoms with Gasteiger partial charge in [-0.25, -0.2) is 4.68 Å². The number of ether oxygens (including phenoxy) is 1. The number of hydrogen-bond donors (Lipinski definition) is 2. The van der Waals surface area contributed by atoms with Crippen molar-refractivity contribution in [2.24, 2.45) is 0 Å². The molecule has 0 aliphatic rings. The predicted molar refractivity (Wildman–Crippen MR) is 87.8 cm³/mol. The molecule has 0 saturated heterocycles. The van der Waals surface area contributed by atoms with Gasteiger partial charge in [-0.2, -0.15) is 5.10 Å². The van der Waals surface area contributed by atoms with Gasteiger partial charge in [-0.15, -0.1) is 0 Å². The molecule has 120 valence electrons. The van der Waals surface area contributed by atoms with Gasteiger partial charge in [0, 0.05) is 20.7 Å². The Morgan fingerprint density at radius 1 is 1.52 bits per heavy atom. The minimum atomic E-state index is -1.14. The van der Waals surface area contributed by atoms with Gasteiger partial charge in [0.15, 0.2) is 0 Å². The number of aliphatic hydroxyl groups is 1. The van der Waals surface area contributed by atoms with Crippen molar-refractivity contribution < 1.29 is 9.84 Å². The average Bonchev–Trinajstić information content (AvgIpc) is 2.40. The molecule has 1 aromatic rings. The van der Waals surface area contributed by atoms with Crippen molar-refractivity contribution in [2.45, 2.75) is 45.4 Å². The van der Waals surface area contributed by atoms with Crippen molar-refractivity contribution in [1.82, 2.24) is 9.78 Å². The topological polar surface area (TPSA) is 76.4 Å². The lowest BCUT2D eigenvalue weighted by atomic mass is 10.3. The minimum Gasteiger partial charge on any atom is -0.394 e. The third-order valence-corrected chi connectivity index (χ3v) is 4.94. The van der Waals surface area contributed by atoms with E-state index in [1.807, 2.05) is 0 Å². The molecular weight excluding hydrogens is 310 g/mol. The lowest BCUT2D eigenvalue weighted by Crippen LogP contribution is -2.28. The summed E-state index contributed by atoms with van der Waals surface area (Å²) in [7, 11) is -1.14. The molecule has 21 heavy (non-hydrogen) atoms. The summed E-state index contributed by atoms with van der Waals surface area (Å²) in [5.74, 6) is 0. The van der Waals surface area contributed by atoms with Crippen LogP contribution in [0.2, 0.25) is 30.7 Å². The van der Waals surface area contributed by atoms with E-state index in [2.05, 4.69) is 30.1 Å². The highest BCUT2D eigenvalue weighted by atomic mass is 35.5. The van der Waals surface area contributed by atoms with Crippen LogP contribution in [-0.4, -0.2) is 42.2 Å². The zero-order valence-electron chi connectivity index (χ0n) is 13.0. The van der Waals surface area contributed by atoms with E-state index in [1.165, 1.54) is 10.9 Å². The monoisotopic (exact) mass is 333 g/mol. The first kappa shape index (κ1) is 18.2. The first-order valence-electron chi connectivity index (χ1n) is 6.95. The molecule has 1 rings (SSSR count). The molecule has 0 bridgehead atoms. The number of nitrogens with zero attached hydrogens (tertiary/aromatic N) is 2. The van der Waals surface area contributed by atoms with Crippen molar-refractivity contribution in [1.29, 1.82) is 0 Å². The molecule has 1 aromatic heterocycles. The van der Waals surface area contributed by atoms with E-state index < -0.39 is 13.6 Å². The Morgan fingerprint density at radius 3 is 2.76 bits per heavy atom. The maximum Gasteiger partial charge on any atom is 0.289 e. The number of aromatic nitrogens is 2. The van der Waals surface area contributed by atoms with E-state index in [0.29, 0.717) is 12.3 Å². The standard InChI is InChI=1S/C13H24ClN3O3Si/c1-10(8-18)16-11-7-15-17(13(19)12(11)14)9-20-5-6-21(2,3)4/h7,10,16,18H,5-6,8-9H2,1-4H3/t10-/m0/s1. The summed E-state index contributed by atoms with van der Waals surface area (Å²) in [6.45, 7) is 9.23. The zero-order valence-corrected chi connectivity index (χ0v) is 14.8. The van der Waals surface area contributed by atoms with Crippen LogP contribution in [0.1, 0.15) is 6.92 Å². The normalized spacial score (nSPS) is 13.2. The highest BCUT2D eigenvalue weighted by Gasteiger charge is 2.13. The molecule has 0 aliphatic carbocycles. The number of anilines is 1. The van der Waals surface area contributed by atoms with E-state index in [9.17, 15) is 4.79 Å². The van der Waals surface area contributed by atoms with Gasteiger partial charge in [0.2, 0.25) is 0 Å². The average molecular weight is 334 g/mol. The van der Waals surface area contributed by atoms with Crippen molar-refractivity contribution in [3.05, 3.63) is 21.6 Å². The molecule has 0 fully saturated rings. The van der Waals surface area contributed by atoms with Crippen LogP contribution in [0.15, 0.2) is 11.0 Å². The fourth-order valence-electron chi connectivity index (χ4n) is 1.50. The van der Waals surface area contributed by atoms with Crippen LogP contribution in [0, 0.1) is 0 Å². The Hall–Kier alpha value is -0.893. The quantitative estimate of drug-likeness (QED) is 0.562. The highest BCUT2D eigenvalue weighted by molar-refractivity contribution is 6.76. The Labute approximate surface area is 131 Å². The molecule has 0 saturated carbocycles. The Morgan fingerprint density at radius 2 is 2.19 bits per heavy atom. The van der Waals surface area contributed by atoms with Crippen molar-refractivity contribution in [3.8, 4) is 0 Å². The van der Waals surface area contributed by atoms with Gasteiger partial charge < -0.3 is 15.2 Å². The second-order valence-corrected chi connectivity index (χ2v) is 12.3. The minimum absolute atomic E-state index is 0.0547. The molecule has 8 heteroatoms. The lowest BCUT2D eigenvalue weighted by molar-refractivity contribution is 0.0750. The second kappa shape index (κ2) is 7.93. The summed E-state index contributed by atoms with van der Waals surface area (Å²) in [4.78, 5) is 12.0. The molecule has 0 amide bonds. The zero-order chi connectivity index (χ0) is 16.0. The lowest BCUT2D eigenvalue weighted by Gasteiger charge is -2.16.